The van der Waals surface area contributed by atoms with Gasteiger partial charge in [0, 0.05) is 11.5 Å². The molecule has 0 amide bonds. The molecule has 0 radical (unpaired) electrons. The molecule has 7 heteroatoms. The van der Waals surface area contributed by atoms with E-state index >= 15 is 0 Å². The van der Waals surface area contributed by atoms with E-state index in [4.69, 9.17) is 0 Å². The molecule has 1 aromatic heterocycles. The van der Waals surface area contributed by atoms with Gasteiger partial charge in [-0.1, -0.05) is 15.9 Å². The minimum Gasteiger partial charge on any atom is -0.276 e. The second-order valence-electron chi connectivity index (χ2n) is 3.83. The summed E-state index contributed by atoms with van der Waals surface area (Å²) in [6.07, 6.45) is 1.49. The molecule has 0 spiro atoms. The fourth-order valence-corrected chi connectivity index (χ4v) is 2.78. The second kappa shape index (κ2) is 4.74. The summed E-state index contributed by atoms with van der Waals surface area (Å²) in [6, 6.07) is 6.45. The third kappa shape index (κ3) is 2.56. The van der Waals surface area contributed by atoms with Crippen LogP contribution < -0.4 is 4.72 Å². The normalized spacial score (nSPS) is 11.5. The zero-order valence-corrected chi connectivity index (χ0v) is 12.3. The third-order valence-corrected chi connectivity index (χ3v) is 4.51. The molecule has 0 aliphatic carbocycles. The van der Waals surface area contributed by atoms with Crippen LogP contribution in [0.15, 0.2) is 39.8 Å². The number of nitrogens with zero attached hydrogens (tertiary/aromatic N) is 2. The third-order valence-electron chi connectivity index (χ3n) is 2.60. The van der Waals surface area contributed by atoms with Gasteiger partial charge in [-0.25, -0.2) is 8.42 Å². The molecule has 2 rings (SSSR count). The first kappa shape index (κ1) is 13.1. The van der Waals surface area contributed by atoms with Crippen molar-refractivity contribution in [2.45, 2.75) is 11.8 Å². The number of rotatable bonds is 3. The molecule has 0 aliphatic rings. The molecule has 0 bridgehead atoms. The molecule has 1 N–H and O–H groups in total. The monoisotopic (exact) mass is 329 g/mol. The molecule has 2 aromatic rings. The van der Waals surface area contributed by atoms with E-state index in [0.717, 1.165) is 10.2 Å². The molecule has 0 saturated carbocycles. The molecule has 1 aromatic carbocycles. The van der Waals surface area contributed by atoms with E-state index in [0.29, 0.717) is 5.69 Å². The highest BCUT2D eigenvalue weighted by atomic mass is 79.9. The van der Waals surface area contributed by atoms with Crippen molar-refractivity contribution in [2.24, 2.45) is 7.05 Å². The summed E-state index contributed by atoms with van der Waals surface area (Å²) in [4.78, 5) is 0.217. The minimum atomic E-state index is -3.56. The average molecular weight is 330 g/mol. The number of aryl methyl sites for hydroxylation is 1. The van der Waals surface area contributed by atoms with E-state index in [1.54, 1.807) is 30.8 Å². The highest BCUT2D eigenvalue weighted by Gasteiger charge is 2.16. The summed E-state index contributed by atoms with van der Waals surface area (Å²) in [5.74, 6) is 0. The standard InChI is InChI=1S/C11H12BrN3O2S/c1-8-11(7-13-15(8)2)14-18(16,17)10-5-3-9(12)4-6-10/h3-7,14H,1-2H3. The van der Waals surface area contributed by atoms with Crippen molar-refractivity contribution in [3.8, 4) is 0 Å². The molecule has 0 unspecified atom stereocenters. The van der Waals surface area contributed by atoms with Crippen LogP contribution in [0.1, 0.15) is 5.69 Å². The van der Waals surface area contributed by atoms with Crippen molar-refractivity contribution < 1.29 is 8.42 Å². The van der Waals surface area contributed by atoms with Crippen LogP contribution in [0.5, 0.6) is 0 Å². The van der Waals surface area contributed by atoms with Crippen molar-refractivity contribution in [2.75, 3.05) is 4.72 Å². The van der Waals surface area contributed by atoms with Crippen LogP contribution in [0.4, 0.5) is 5.69 Å². The Morgan fingerprint density at radius 1 is 1.28 bits per heavy atom. The quantitative estimate of drug-likeness (QED) is 0.939. The van der Waals surface area contributed by atoms with Crippen LogP contribution in [0.2, 0.25) is 0 Å². The fourth-order valence-electron chi connectivity index (χ4n) is 1.42. The Balaban J connectivity index is 2.33. The Labute approximate surface area is 114 Å². The number of sulfonamides is 1. The molecule has 0 atom stereocenters. The van der Waals surface area contributed by atoms with Crippen LogP contribution in [-0.2, 0) is 17.1 Å². The van der Waals surface area contributed by atoms with E-state index in [9.17, 15) is 8.42 Å². The molecule has 0 aliphatic heterocycles. The van der Waals surface area contributed by atoms with Gasteiger partial charge >= 0.3 is 0 Å². The highest BCUT2D eigenvalue weighted by Crippen LogP contribution is 2.20. The summed E-state index contributed by atoms with van der Waals surface area (Å²) in [5.41, 5.74) is 1.25. The molecule has 0 saturated heterocycles. The average Bonchev–Trinajstić information content (AvgIpc) is 2.61. The predicted molar refractivity (Wildman–Crippen MR) is 72.9 cm³/mol. The van der Waals surface area contributed by atoms with Crippen molar-refractivity contribution in [1.82, 2.24) is 9.78 Å². The van der Waals surface area contributed by atoms with Crippen molar-refractivity contribution in [1.29, 1.82) is 0 Å². The van der Waals surface area contributed by atoms with E-state index < -0.39 is 10.0 Å². The van der Waals surface area contributed by atoms with Gasteiger partial charge in [0.1, 0.15) is 0 Å². The number of hydrogen-bond donors (Lipinski definition) is 1. The van der Waals surface area contributed by atoms with Gasteiger partial charge in [-0.3, -0.25) is 9.40 Å². The Kier molecular flexibility index (Phi) is 3.45. The van der Waals surface area contributed by atoms with Crippen molar-refractivity contribution in [3.05, 3.63) is 40.6 Å². The molecular formula is C11H12BrN3O2S. The van der Waals surface area contributed by atoms with Gasteiger partial charge in [0.05, 0.1) is 22.5 Å². The Bertz CT molecular complexity index is 662. The maximum atomic E-state index is 12.1. The number of benzene rings is 1. The molecule has 5 nitrogen and oxygen atoms in total. The number of nitrogens with one attached hydrogen (secondary N) is 1. The summed E-state index contributed by atoms with van der Waals surface area (Å²) in [5, 5.41) is 3.99. The highest BCUT2D eigenvalue weighted by molar-refractivity contribution is 9.10. The van der Waals surface area contributed by atoms with E-state index in [1.807, 2.05) is 0 Å². The van der Waals surface area contributed by atoms with E-state index in [1.165, 1.54) is 18.3 Å². The summed E-state index contributed by atoms with van der Waals surface area (Å²) < 4.78 is 29.2. The van der Waals surface area contributed by atoms with Crippen LogP contribution in [0.3, 0.4) is 0 Å². The first-order valence-electron chi connectivity index (χ1n) is 5.17. The summed E-state index contributed by atoms with van der Waals surface area (Å²) in [6.45, 7) is 1.80. The van der Waals surface area contributed by atoms with Crippen LogP contribution in [-0.4, -0.2) is 18.2 Å². The summed E-state index contributed by atoms with van der Waals surface area (Å²) in [7, 11) is -1.81. The summed E-state index contributed by atoms with van der Waals surface area (Å²) >= 11 is 3.27. The Morgan fingerprint density at radius 3 is 2.39 bits per heavy atom. The smallest absolute Gasteiger partial charge is 0.262 e. The molecule has 1 heterocycles. The topological polar surface area (TPSA) is 64.0 Å². The van der Waals surface area contributed by atoms with E-state index in [-0.39, 0.29) is 4.90 Å². The van der Waals surface area contributed by atoms with Crippen molar-refractivity contribution >= 4 is 31.6 Å². The lowest BCUT2D eigenvalue weighted by Crippen LogP contribution is -2.13. The van der Waals surface area contributed by atoms with Gasteiger partial charge in [0.25, 0.3) is 10.0 Å². The first-order valence-corrected chi connectivity index (χ1v) is 7.45. The zero-order chi connectivity index (χ0) is 13.3. The predicted octanol–water partition coefficient (Wildman–Crippen LogP) is 2.29. The van der Waals surface area contributed by atoms with Crippen LogP contribution in [0, 0.1) is 6.92 Å². The van der Waals surface area contributed by atoms with Gasteiger partial charge in [-0.05, 0) is 31.2 Å². The van der Waals surface area contributed by atoms with Gasteiger partial charge in [0.2, 0.25) is 0 Å². The van der Waals surface area contributed by atoms with Gasteiger partial charge < -0.3 is 0 Å². The molecule has 96 valence electrons. The number of halogens is 1. The van der Waals surface area contributed by atoms with Crippen molar-refractivity contribution in [3.63, 3.8) is 0 Å². The molecular weight excluding hydrogens is 318 g/mol. The molecule has 18 heavy (non-hydrogen) atoms. The fraction of sp³-hybridized carbons (Fsp3) is 0.182. The SMILES string of the molecule is Cc1c(NS(=O)(=O)c2ccc(Br)cc2)cnn1C. The van der Waals surface area contributed by atoms with Gasteiger partial charge in [0.15, 0.2) is 0 Å². The van der Waals surface area contributed by atoms with Gasteiger partial charge in [-0.2, -0.15) is 5.10 Å². The van der Waals surface area contributed by atoms with Gasteiger partial charge in [-0.15, -0.1) is 0 Å². The first-order chi connectivity index (χ1) is 8.40. The second-order valence-corrected chi connectivity index (χ2v) is 6.42. The lowest BCUT2D eigenvalue weighted by atomic mass is 10.4. The number of hydrogen-bond acceptors (Lipinski definition) is 3. The van der Waals surface area contributed by atoms with Crippen LogP contribution in [0.25, 0.3) is 0 Å². The van der Waals surface area contributed by atoms with E-state index in [2.05, 4.69) is 25.8 Å². The lowest BCUT2D eigenvalue weighted by molar-refractivity contribution is 0.601. The Hall–Kier alpha value is -1.34. The largest absolute Gasteiger partial charge is 0.276 e. The maximum absolute atomic E-state index is 12.1. The Morgan fingerprint density at radius 2 is 1.89 bits per heavy atom. The van der Waals surface area contributed by atoms with Crippen LogP contribution >= 0.6 is 15.9 Å². The maximum Gasteiger partial charge on any atom is 0.262 e. The number of anilines is 1. The zero-order valence-electron chi connectivity index (χ0n) is 9.88. The number of aromatic nitrogens is 2. The molecule has 0 fully saturated rings. The lowest BCUT2D eigenvalue weighted by Gasteiger charge is -2.07. The minimum absolute atomic E-state index is 0.217.